The van der Waals surface area contributed by atoms with E-state index in [1.165, 1.54) is 0 Å². The van der Waals surface area contributed by atoms with Gasteiger partial charge in [0.2, 0.25) is 6.33 Å². The first-order valence-corrected chi connectivity index (χ1v) is 9.79. The molecule has 3 aromatic heterocycles. The van der Waals surface area contributed by atoms with Gasteiger partial charge in [-0.05, 0) is 12.1 Å². The highest BCUT2D eigenvalue weighted by atomic mass is 16.5. The van der Waals surface area contributed by atoms with E-state index in [1.807, 2.05) is 54.7 Å². The van der Waals surface area contributed by atoms with Crippen LogP contribution in [-0.2, 0) is 18.3 Å². The predicted octanol–water partition coefficient (Wildman–Crippen LogP) is 1.96. The third-order valence-electron chi connectivity index (χ3n) is 4.92. The summed E-state index contributed by atoms with van der Waals surface area (Å²) < 4.78 is 11.5. The van der Waals surface area contributed by atoms with Crippen molar-refractivity contribution in [3.63, 3.8) is 0 Å². The number of rotatable bonds is 5. The first-order valence-electron chi connectivity index (χ1n) is 9.79. The molecule has 0 amide bonds. The smallest absolute Gasteiger partial charge is 0.243 e. The number of fused-ring (bicyclic) bond motifs is 2. The van der Waals surface area contributed by atoms with Crippen LogP contribution in [0.3, 0.4) is 0 Å². The van der Waals surface area contributed by atoms with Crippen LogP contribution >= 0.6 is 0 Å². The van der Waals surface area contributed by atoms with E-state index in [2.05, 4.69) is 20.0 Å². The summed E-state index contributed by atoms with van der Waals surface area (Å²) in [6.45, 7) is 2.58. The molecule has 3 aromatic rings. The number of imidazole rings is 1. The monoisotopic (exact) mass is 404 g/mol. The molecule has 0 radical (unpaired) electrons. The van der Waals surface area contributed by atoms with E-state index in [0.29, 0.717) is 48.4 Å². The SMILES string of the molecule is C[n+]1ccn(CCNc2nn3ccccc3c2/N=C2\C=C3OCCN=C3C=C2O)c1. The Morgan fingerprint density at radius 3 is 3.10 bits per heavy atom. The maximum atomic E-state index is 10.5. The summed E-state index contributed by atoms with van der Waals surface area (Å²) in [4.78, 5) is 9.11. The van der Waals surface area contributed by atoms with Crippen LogP contribution < -0.4 is 9.88 Å². The zero-order valence-electron chi connectivity index (χ0n) is 16.6. The first kappa shape index (κ1) is 18.2. The van der Waals surface area contributed by atoms with Crippen LogP contribution in [0.5, 0.6) is 0 Å². The molecule has 5 rings (SSSR count). The Labute approximate surface area is 173 Å². The van der Waals surface area contributed by atoms with Gasteiger partial charge in [-0.25, -0.2) is 18.6 Å². The summed E-state index contributed by atoms with van der Waals surface area (Å²) in [5.74, 6) is 1.34. The number of allylic oxidation sites excluding steroid dienone is 2. The molecule has 0 atom stereocenters. The third kappa shape index (κ3) is 3.45. The molecule has 1 aliphatic heterocycles. The van der Waals surface area contributed by atoms with Gasteiger partial charge in [-0.2, -0.15) is 0 Å². The van der Waals surface area contributed by atoms with E-state index >= 15 is 0 Å². The van der Waals surface area contributed by atoms with E-state index in [1.54, 1.807) is 16.7 Å². The minimum absolute atomic E-state index is 0.0593. The van der Waals surface area contributed by atoms with Crippen molar-refractivity contribution in [2.75, 3.05) is 25.0 Å². The average Bonchev–Trinajstić information content (AvgIpc) is 3.32. The molecule has 9 nitrogen and oxygen atoms in total. The predicted molar refractivity (Wildman–Crippen MR) is 113 cm³/mol. The van der Waals surface area contributed by atoms with Crippen molar-refractivity contribution in [1.29, 1.82) is 0 Å². The van der Waals surface area contributed by atoms with Gasteiger partial charge < -0.3 is 15.2 Å². The number of nitrogens with one attached hydrogen (secondary N) is 1. The molecule has 0 bridgehead atoms. The number of hydrogen-bond donors (Lipinski definition) is 2. The Bertz CT molecular complexity index is 1230. The van der Waals surface area contributed by atoms with Crippen LogP contribution in [0.2, 0.25) is 0 Å². The molecule has 0 spiro atoms. The molecule has 4 heterocycles. The van der Waals surface area contributed by atoms with E-state index < -0.39 is 0 Å². The number of hydrogen-bond acceptors (Lipinski definition) is 6. The molecule has 0 aromatic carbocycles. The lowest BCUT2D eigenvalue weighted by molar-refractivity contribution is -0.671. The molecule has 0 saturated carbocycles. The highest BCUT2D eigenvalue weighted by Gasteiger charge is 2.22. The number of nitrogens with zero attached hydrogens (tertiary/aromatic N) is 6. The fraction of sp³-hybridized carbons (Fsp3) is 0.238. The van der Waals surface area contributed by atoms with Crippen molar-refractivity contribution < 1.29 is 14.4 Å². The lowest BCUT2D eigenvalue weighted by Gasteiger charge is -2.19. The van der Waals surface area contributed by atoms with Gasteiger partial charge in [-0.15, -0.1) is 5.10 Å². The van der Waals surface area contributed by atoms with Crippen molar-refractivity contribution in [3.05, 3.63) is 66.8 Å². The van der Waals surface area contributed by atoms with Gasteiger partial charge in [0.15, 0.2) is 5.82 Å². The number of aliphatic hydroxyl groups is 1. The summed E-state index contributed by atoms with van der Waals surface area (Å²) in [6, 6.07) is 5.80. The van der Waals surface area contributed by atoms with Crippen molar-refractivity contribution in [3.8, 4) is 0 Å². The fourth-order valence-electron chi connectivity index (χ4n) is 3.47. The first-order chi connectivity index (χ1) is 14.7. The van der Waals surface area contributed by atoms with Crippen LogP contribution in [0.15, 0.2) is 76.8 Å². The molecule has 152 valence electrons. The van der Waals surface area contributed by atoms with E-state index in [4.69, 9.17) is 9.73 Å². The molecular weight excluding hydrogens is 382 g/mol. The summed E-state index contributed by atoms with van der Waals surface area (Å²) >= 11 is 0. The number of pyridine rings is 1. The summed E-state index contributed by atoms with van der Waals surface area (Å²) in [5, 5.41) is 18.5. The molecule has 0 unspecified atom stereocenters. The number of aliphatic hydroxyl groups excluding tert-OH is 1. The number of aromatic nitrogens is 4. The largest absolute Gasteiger partial charge is 0.506 e. The van der Waals surface area contributed by atoms with Crippen LogP contribution in [0.1, 0.15) is 0 Å². The highest BCUT2D eigenvalue weighted by molar-refractivity contribution is 6.22. The second kappa shape index (κ2) is 7.51. The van der Waals surface area contributed by atoms with Crippen LogP contribution in [-0.4, -0.2) is 50.4 Å². The number of aryl methyl sites for hydroxylation is 1. The van der Waals surface area contributed by atoms with Crippen LogP contribution in [0, 0.1) is 0 Å². The zero-order chi connectivity index (χ0) is 20.5. The van der Waals surface area contributed by atoms with Gasteiger partial charge in [0.1, 0.15) is 54.2 Å². The van der Waals surface area contributed by atoms with Crippen LogP contribution in [0.25, 0.3) is 5.52 Å². The normalized spacial score (nSPS) is 17.2. The number of anilines is 1. The van der Waals surface area contributed by atoms with E-state index in [0.717, 1.165) is 12.1 Å². The molecule has 0 saturated heterocycles. The molecule has 2 N–H and O–H groups in total. The Kier molecular flexibility index (Phi) is 4.55. The van der Waals surface area contributed by atoms with Gasteiger partial charge in [0.05, 0.1) is 25.7 Å². The minimum Gasteiger partial charge on any atom is -0.506 e. The molecular formula is C21H22N7O2+. The Morgan fingerprint density at radius 2 is 2.23 bits per heavy atom. The van der Waals surface area contributed by atoms with Crippen LogP contribution in [0.4, 0.5) is 11.5 Å². The number of ether oxygens (including phenoxy) is 1. The van der Waals surface area contributed by atoms with Crippen molar-refractivity contribution in [2.45, 2.75) is 6.54 Å². The van der Waals surface area contributed by atoms with Gasteiger partial charge in [-0.3, -0.25) is 4.99 Å². The Hall–Kier alpha value is -3.88. The van der Waals surface area contributed by atoms with Crippen molar-refractivity contribution >= 4 is 28.4 Å². The van der Waals surface area contributed by atoms with Gasteiger partial charge in [0.25, 0.3) is 0 Å². The average molecular weight is 404 g/mol. The summed E-state index contributed by atoms with van der Waals surface area (Å²) in [6.07, 6.45) is 11.2. The Morgan fingerprint density at radius 1 is 1.30 bits per heavy atom. The van der Waals surface area contributed by atoms with Gasteiger partial charge in [-0.1, -0.05) is 6.07 Å². The standard InChI is InChI=1S/C21H21N7O2/c1-26-9-10-27(14-26)8-5-23-21-20(17-4-2-3-7-28(17)25-21)24-15-13-19-16(12-18(15)29)22-6-11-30-19/h2-4,7,9-10,12-14H,5-6,8,11H2,1H3,(H-,22,23,25,29)/p+1/b24-15+. The second-order valence-corrected chi connectivity index (χ2v) is 7.12. The quantitative estimate of drug-likeness (QED) is 0.502. The van der Waals surface area contributed by atoms with Gasteiger partial charge >= 0.3 is 0 Å². The minimum atomic E-state index is 0.0593. The maximum absolute atomic E-state index is 10.5. The summed E-state index contributed by atoms with van der Waals surface area (Å²) in [7, 11) is 1.99. The fourth-order valence-corrected chi connectivity index (χ4v) is 3.47. The molecule has 9 heteroatoms. The second-order valence-electron chi connectivity index (χ2n) is 7.12. The van der Waals surface area contributed by atoms with E-state index in [9.17, 15) is 5.11 Å². The van der Waals surface area contributed by atoms with Gasteiger partial charge in [0, 0.05) is 18.3 Å². The van der Waals surface area contributed by atoms with Crippen molar-refractivity contribution in [2.24, 2.45) is 17.0 Å². The lowest BCUT2D eigenvalue weighted by Crippen LogP contribution is -2.24. The maximum Gasteiger partial charge on any atom is 0.243 e. The van der Waals surface area contributed by atoms with E-state index in [-0.39, 0.29) is 5.76 Å². The topological polar surface area (TPSA) is 92.3 Å². The lowest BCUT2D eigenvalue weighted by atomic mass is 10.1. The summed E-state index contributed by atoms with van der Waals surface area (Å²) in [5.41, 5.74) is 2.58. The molecule has 30 heavy (non-hydrogen) atoms. The third-order valence-corrected chi connectivity index (χ3v) is 4.92. The molecule has 1 aliphatic carbocycles. The van der Waals surface area contributed by atoms with Crippen molar-refractivity contribution in [1.82, 2.24) is 14.2 Å². The Balaban J connectivity index is 1.48. The number of aliphatic imine (C=N–C) groups is 2. The molecule has 2 aliphatic rings. The highest BCUT2D eigenvalue weighted by Crippen LogP contribution is 2.31. The zero-order valence-corrected chi connectivity index (χ0v) is 16.6. The molecule has 0 fully saturated rings.